The smallest absolute Gasteiger partial charge is 0.335 e. The lowest BCUT2D eigenvalue weighted by Crippen LogP contribution is -2.35. The van der Waals surface area contributed by atoms with Gasteiger partial charge in [-0.3, -0.25) is 9.13 Å². The highest BCUT2D eigenvalue weighted by Crippen LogP contribution is 2.39. The zero-order chi connectivity index (χ0) is 20.7. The Morgan fingerprint density at radius 1 is 0.967 bits per heavy atom. The van der Waals surface area contributed by atoms with Crippen molar-refractivity contribution >= 4 is 28.6 Å². The van der Waals surface area contributed by atoms with Crippen molar-refractivity contribution in [2.24, 2.45) is 11.8 Å². The molecule has 2 aromatic heterocycles. The number of rotatable bonds is 3. The van der Waals surface area contributed by atoms with Gasteiger partial charge in [-0.1, -0.05) is 11.6 Å². The molecule has 2 fully saturated rings. The van der Waals surface area contributed by atoms with Crippen LogP contribution in [0.4, 0.5) is 5.82 Å². The Morgan fingerprint density at radius 2 is 1.63 bits per heavy atom. The van der Waals surface area contributed by atoms with Gasteiger partial charge in [0.05, 0.1) is 5.69 Å². The van der Waals surface area contributed by atoms with E-state index in [0.717, 1.165) is 56.3 Å². The molecule has 1 aromatic carbocycles. The maximum Gasteiger partial charge on any atom is 0.335 e. The van der Waals surface area contributed by atoms with Gasteiger partial charge in [-0.2, -0.15) is 0 Å². The van der Waals surface area contributed by atoms with Crippen LogP contribution in [0, 0.1) is 11.8 Å². The van der Waals surface area contributed by atoms with Gasteiger partial charge < -0.3 is 11.1 Å². The van der Waals surface area contributed by atoms with Gasteiger partial charge in [-0.05, 0) is 87.7 Å². The molecule has 5 rings (SSSR count). The molecule has 30 heavy (non-hydrogen) atoms. The first-order valence-corrected chi connectivity index (χ1v) is 11.2. The van der Waals surface area contributed by atoms with E-state index in [9.17, 15) is 4.79 Å². The number of nitrogen functional groups attached to an aromatic ring is 1. The van der Waals surface area contributed by atoms with E-state index in [1.54, 1.807) is 16.7 Å². The number of benzene rings is 1. The Bertz CT molecular complexity index is 1090. The predicted molar refractivity (Wildman–Crippen MR) is 119 cm³/mol. The second kappa shape index (κ2) is 8.04. The number of imidazole rings is 1. The molecule has 158 valence electrons. The van der Waals surface area contributed by atoms with Crippen LogP contribution >= 0.6 is 11.6 Å². The van der Waals surface area contributed by atoms with Crippen LogP contribution in [0.3, 0.4) is 0 Å². The van der Waals surface area contributed by atoms with Crippen LogP contribution in [0.15, 0.2) is 35.4 Å². The molecule has 1 aliphatic carbocycles. The van der Waals surface area contributed by atoms with Crippen LogP contribution in [0.25, 0.3) is 16.9 Å². The van der Waals surface area contributed by atoms with Crippen molar-refractivity contribution in [3.63, 3.8) is 0 Å². The maximum atomic E-state index is 13.6. The molecular weight excluding hydrogens is 400 g/mol. The van der Waals surface area contributed by atoms with Crippen molar-refractivity contribution in [3.05, 3.63) is 46.1 Å². The number of piperidine rings is 1. The van der Waals surface area contributed by atoms with Crippen LogP contribution in [-0.2, 0) is 0 Å². The molecule has 7 nitrogen and oxygen atoms in total. The van der Waals surface area contributed by atoms with Gasteiger partial charge in [0.15, 0.2) is 11.5 Å². The summed E-state index contributed by atoms with van der Waals surface area (Å²) in [5.74, 6) is 1.90. The fourth-order valence-corrected chi connectivity index (χ4v) is 5.50. The molecule has 1 saturated heterocycles. The molecule has 0 spiro atoms. The highest BCUT2D eigenvalue weighted by molar-refractivity contribution is 6.30. The molecule has 0 amide bonds. The van der Waals surface area contributed by atoms with Gasteiger partial charge in [0.1, 0.15) is 11.8 Å². The Morgan fingerprint density at radius 3 is 2.33 bits per heavy atom. The molecule has 8 heteroatoms. The zero-order valence-corrected chi connectivity index (χ0v) is 17.7. The summed E-state index contributed by atoms with van der Waals surface area (Å²) < 4.78 is 3.47. The standard InChI is InChI=1S/C22H27ClN6O/c23-16-3-7-17(8-4-16)28-19-20(24)26-13-27-21(19)29(22(28)30)18-5-1-14(2-6-18)15-9-11-25-12-10-15/h3-4,7-8,13-15,18,25H,1-2,5-6,9-12H2,(H2,24,26,27). The third-order valence-electron chi connectivity index (χ3n) is 6.92. The first-order valence-electron chi connectivity index (χ1n) is 10.8. The van der Waals surface area contributed by atoms with Crippen LogP contribution in [0.1, 0.15) is 44.6 Å². The van der Waals surface area contributed by atoms with Crippen LogP contribution in [-0.4, -0.2) is 32.2 Å². The largest absolute Gasteiger partial charge is 0.382 e. The van der Waals surface area contributed by atoms with Crippen LogP contribution < -0.4 is 16.7 Å². The molecular formula is C22H27ClN6O. The third-order valence-corrected chi connectivity index (χ3v) is 7.17. The summed E-state index contributed by atoms with van der Waals surface area (Å²) in [5.41, 5.74) is 8.01. The SMILES string of the molecule is Nc1ncnc2c1n(-c1ccc(Cl)cc1)c(=O)n2C1CCC(C2CCNCC2)CC1. The summed E-state index contributed by atoms with van der Waals surface area (Å²) in [5, 5.41) is 4.08. The Labute approximate surface area is 180 Å². The molecule has 3 N–H and O–H groups in total. The second-order valence-corrected chi connectivity index (χ2v) is 8.99. The Balaban J connectivity index is 1.51. The zero-order valence-electron chi connectivity index (χ0n) is 16.9. The Hall–Kier alpha value is -2.38. The number of aromatic nitrogens is 4. The summed E-state index contributed by atoms with van der Waals surface area (Å²) >= 11 is 6.05. The summed E-state index contributed by atoms with van der Waals surface area (Å²) in [6, 6.07) is 7.34. The molecule has 0 unspecified atom stereocenters. The van der Waals surface area contributed by atoms with E-state index in [4.69, 9.17) is 17.3 Å². The molecule has 0 radical (unpaired) electrons. The van der Waals surface area contributed by atoms with E-state index in [1.165, 1.54) is 19.2 Å². The van der Waals surface area contributed by atoms with Crippen molar-refractivity contribution in [2.75, 3.05) is 18.8 Å². The average molecular weight is 427 g/mol. The number of hydrogen-bond acceptors (Lipinski definition) is 5. The predicted octanol–water partition coefficient (Wildman–Crippen LogP) is 3.55. The van der Waals surface area contributed by atoms with E-state index in [2.05, 4.69) is 15.3 Å². The molecule has 1 aliphatic heterocycles. The van der Waals surface area contributed by atoms with E-state index in [-0.39, 0.29) is 11.7 Å². The fraction of sp³-hybridized carbons (Fsp3) is 0.500. The van der Waals surface area contributed by atoms with Gasteiger partial charge in [-0.15, -0.1) is 0 Å². The minimum Gasteiger partial charge on any atom is -0.382 e. The van der Waals surface area contributed by atoms with Gasteiger partial charge in [0, 0.05) is 11.1 Å². The number of hydrogen-bond donors (Lipinski definition) is 2. The van der Waals surface area contributed by atoms with Crippen molar-refractivity contribution in [3.8, 4) is 5.69 Å². The molecule has 0 atom stereocenters. The molecule has 1 saturated carbocycles. The van der Waals surface area contributed by atoms with Gasteiger partial charge in [0.25, 0.3) is 0 Å². The molecule has 3 aromatic rings. The van der Waals surface area contributed by atoms with E-state index >= 15 is 0 Å². The van der Waals surface area contributed by atoms with Gasteiger partial charge in [0.2, 0.25) is 0 Å². The highest BCUT2D eigenvalue weighted by atomic mass is 35.5. The minimum atomic E-state index is -0.107. The lowest BCUT2D eigenvalue weighted by Gasteiger charge is -2.36. The number of nitrogens with two attached hydrogens (primary N) is 1. The lowest BCUT2D eigenvalue weighted by molar-refractivity contribution is 0.175. The summed E-state index contributed by atoms with van der Waals surface area (Å²) in [7, 11) is 0. The number of nitrogens with zero attached hydrogens (tertiary/aromatic N) is 4. The summed E-state index contributed by atoms with van der Waals surface area (Å²) in [6.07, 6.45) is 8.31. The Kier molecular flexibility index (Phi) is 5.25. The van der Waals surface area contributed by atoms with Crippen LogP contribution in [0.2, 0.25) is 5.02 Å². The maximum absolute atomic E-state index is 13.6. The van der Waals surface area contributed by atoms with Crippen molar-refractivity contribution in [1.29, 1.82) is 0 Å². The van der Waals surface area contributed by atoms with Crippen LogP contribution in [0.5, 0.6) is 0 Å². The third kappa shape index (κ3) is 3.40. The van der Waals surface area contributed by atoms with Gasteiger partial charge >= 0.3 is 5.69 Å². The first kappa shape index (κ1) is 19.6. The topological polar surface area (TPSA) is 90.8 Å². The van der Waals surface area contributed by atoms with E-state index in [0.29, 0.717) is 22.0 Å². The van der Waals surface area contributed by atoms with Gasteiger partial charge in [-0.25, -0.2) is 14.8 Å². The number of fused-ring (bicyclic) bond motifs is 1. The quantitative estimate of drug-likeness (QED) is 0.668. The van der Waals surface area contributed by atoms with Crippen molar-refractivity contribution < 1.29 is 0 Å². The lowest BCUT2D eigenvalue weighted by atomic mass is 9.75. The normalized spacial score (nSPS) is 23.1. The van der Waals surface area contributed by atoms with Crippen molar-refractivity contribution in [1.82, 2.24) is 24.4 Å². The van der Waals surface area contributed by atoms with E-state index < -0.39 is 0 Å². The number of halogens is 1. The molecule has 2 aliphatic rings. The summed E-state index contributed by atoms with van der Waals surface area (Å²) in [6.45, 7) is 2.27. The summed E-state index contributed by atoms with van der Waals surface area (Å²) in [4.78, 5) is 22.2. The first-order chi connectivity index (χ1) is 14.6. The fourth-order valence-electron chi connectivity index (χ4n) is 5.37. The number of anilines is 1. The highest BCUT2D eigenvalue weighted by Gasteiger charge is 2.32. The second-order valence-electron chi connectivity index (χ2n) is 8.55. The number of nitrogens with one attached hydrogen (secondary N) is 1. The average Bonchev–Trinajstić information content (AvgIpc) is 3.08. The molecule has 3 heterocycles. The minimum absolute atomic E-state index is 0.107. The molecule has 0 bridgehead atoms. The monoisotopic (exact) mass is 426 g/mol. The van der Waals surface area contributed by atoms with Crippen molar-refractivity contribution in [2.45, 2.75) is 44.6 Å². The van der Waals surface area contributed by atoms with E-state index in [1.807, 2.05) is 16.7 Å².